The zero-order chi connectivity index (χ0) is 19.3. The summed E-state index contributed by atoms with van der Waals surface area (Å²) in [4.78, 5) is 20.0. The van der Waals surface area contributed by atoms with Gasteiger partial charge in [-0.25, -0.2) is 28.7 Å². The number of anilines is 1. The summed E-state index contributed by atoms with van der Waals surface area (Å²) in [5.41, 5.74) is 2.73. The minimum Gasteiger partial charge on any atom is -0.345 e. The molecule has 1 aromatic carbocycles. The first-order valence-corrected chi connectivity index (χ1v) is 9.54. The molecule has 3 heterocycles. The van der Waals surface area contributed by atoms with Crippen molar-refractivity contribution in [2.45, 2.75) is 44.7 Å². The van der Waals surface area contributed by atoms with E-state index in [0.717, 1.165) is 41.8 Å². The zero-order valence-corrected chi connectivity index (χ0v) is 15.4. The average Bonchev–Trinajstić information content (AvgIpc) is 3.51. The maximum absolute atomic E-state index is 13.9. The summed E-state index contributed by atoms with van der Waals surface area (Å²) in [6.45, 7) is 2.55. The Balaban J connectivity index is 1.61. The van der Waals surface area contributed by atoms with Gasteiger partial charge in [-0.15, -0.1) is 0 Å². The van der Waals surface area contributed by atoms with Crippen LogP contribution in [0.4, 0.5) is 14.6 Å². The molecule has 1 aliphatic carbocycles. The molecule has 0 radical (unpaired) electrons. The monoisotopic (exact) mass is 379 g/mol. The van der Waals surface area contributed by atoms with Crippen LogP contribution in [0.1, 0.15) is 54.8 Å². The van der Waals surface area contributed by atoms with Crippen LogP contribution in [0.15, 0.2) is 36.8 Å². The smallest absolute Gasteiger partial charge is 0.199 e. The maximum atomic E-state index is 13.9. The number of rotatable bonds is 4. The average molecular weight is 379 g/mol. The Morgan fingerprint density at radius 2 is 1.75 bits per heavy atom. The summed E-state index contributed by atoms with van der Waals surface area (Å²) in [7, 11) is 0. The molecule has 142 valence electrons. The molecule has 2 aliphatic rings. The van der Waals surface area contributed by atoms with E-state index >= 15 is 0 Å². The lowest BCUT2D eigenvalue weighted by molar-refractivity contribution is 0.505. The number of aromatic nitrogens is 4. The fraction of sp³-hybridized carbons (Fsp3) is 0.333. The highest BCUT2D eigenvalue weighted by molar-refractivity contribution is 5.59. The number of hydrogen-bond acceptors (Lipinski definition) is 5. The first-order valence-electron chi connectivity index (χ1n) is 9.54. The molecule has 0 amide bonds. The molecule has 5 rings (SSSR count). The van der Waals surface area contributed by atoms with Gasteiger partial charge in [-0.05, 0) is 54.5 Å². The maximum Gasteiger partial charge on any atom is 0.199 e. The van der Waals surface area contributed by atoms with Gasteiger partial charge in [0.25, 0.3) is 0 Å². The summed E-state index contributed by atoms with van der Waals surface area (Å²) in [6.07, 6.45) is 8.17. The van der Waals surface area contributed by atoms with Gasteiger partial charge in [0, 0.05) is 30.7 Å². The van der Waals surface area contributed by atoms with Gasteiger partial charge in [0.1, 0.15) is 5.82 Å². The Morgan fingerprint density at radius 1 is 1.00 bits per heavy atom. The van der Waals surface area contributed by atoms with Crippen LogP contribution in [-0.4, -0.2) is 19.9 Å². The molecular formula is C21H19F2N5. The van der Waals surface area contributed by atoms with E-state index in [1.807, 2.05) is 13.1 Å². The quantitative estimate of drug-likeness (QED) is 0.665. The van der Waals surface area contributed by atoms with Gasteiger partial charge < -0.3 is 4.90 Å². The molecule has 0 spiro atoms. The summed E-state index contributed by atoms with van der Waals surface area (Å²) in [5.74, 6) is 0.580. The van der Waals surface area contributed by atoms with Gasteiger partial charge in [-0.2, -0.15) is 0 Å². The summed E-state index contributed by atoms with van der Waals surface area (Å²) in [6, 6.07) is 4.34. The van der Waals surface area contributed by atoms with Crippen LogP contribution in [0, 0.1) is 11.6 Å². The predicted octanol–water partition coefficient (Wildman–Crippen LogP) is 4.56. The van der Waals surface area contributed by atoms with Crippen LogP contribution >= 0.6 is 0 Å². The third-order valence-corrected chi connectivity index (χ3v) is 5.50. The molecule has 28 heavy (non-hydrogen) atoms. The topological polar surface area (TPSA) is 54.8 Å². The van der Waals surface area contributed by atoms with E-state index in [0.29, 0.717) is 24.1 Å². The van der Waals surface area contributed by atoms with Crippen molar-refractivity contribution in [2.24, 2.45) is 0 Å². The molecule has 7 heteroatoms. The van der Waals surface area contributed by atoms with Crippen molar-refractivity contribution < 1.29 is 8.78 Å². The minimum atomic E-state index is -0.807. The molecule has 0 N–H and O–H groups in total. The van der Waals surface area contributed by atoms with E-state index in [2.05, 4.69) is 19.9 Å². The van der Waals surface area contributed by atoms with Crippen molar-refractivity contribution in [1.82, 2.24) is 19.9 Å². The zero-order valence-electron chi connectivity index (χ0n) is 15.4. The summed E-state index contributed by atoms with van der Waals surface area (Å²) in [5, 5.41) is 0. The van der Waals surface area contributed by atoms with Gasteiger partial charge in [0.05, 0.1) is 6.04 Å². The van der Waals surface area contributed by atoms with Crippen LogP contribution in [0.25, 0.3) is 11.6 Å². The van der Waals surface area contributed by atoms with E-state index in [1.54, 1.807) is 18.5 Å². The normalized spacial score (nSPS) is 18.4. The fourth-order valence-electron chi connectivity index (χ4n) is 3.99. The van der Waals surface area contributed by atoms with Crippen LogP contribution in [-0.2, 0) is 6.54 Å². The van der Waals surface area contributed by atoms with Crippen LogP contribution in [0.3, 0.4) is 0 Å². The molecule has 3 aromatic rings. The SMILES string of the molecule is CCC1c2cc(F)c(F)cc2CN1c1nc(-c2ncccn2)ncc1C1CC1. The van der Waals surface area contributed by atoms with E-state index in [-0.39, 0.29) is 6.04 Å². The molecule has 2 aromatic heterocycles. The Labute approximate surface area is 161 Å². The van der Waals surface area contributed by atoms with Crippen molar-refractivity contribution in [2.75, 3.05) is 4.90 Å². The van der Waals surface area contributed by atoms with Gasteiger partial charge in [0.2, 0.25) is 0 Å². The molecule has 5 nitrogen and oxygen atoms in total. The van der Waals surface area contributed by atoms with Crippen LogP contribution in [0.2, 0.25) is 0 Å². The van der Waals surface area contributed by atoms with Crippen molar-refractivity contribution in [3.05, 3.63) is 65.1 Å². The lowest BCUT2D eigenvalue weighted by atomic mass is 10.0. The Bertz CT molecular complexity index is 1040. The molecule has 1 aliphatic heterocycles. The Morgan fingerprint density at radius 3 is 2.46 bits per heavy atom. The second-order valence-corrected chi connectivity index (χ2v) is 7.34. The summed E-state index contributed by atoms with van der Waals surface area (Å²) < 4.78 is 27.7. The Kier molecular flexibility index (Phi) is 4.03. The van der Waals surface area contributed by atoms with Crippen molar-refractivity contribution in [3.63, 3.8) is 0 Å². The molecule has 0 bridgehead atoms. The highest BCUT2D eigenvalue weighted by atomic mass is 19.2. The van der Waals surface area contributed by atoms with Crippen molar-refractivity contribution >= 4 is 5.82 Å². The van der Waals surface area contributed by atoms with Crippen molar-refractivity contribution in [1.29, 1.82) is 0 Å². The number of benzene rings is 1. The van der Waals surface area contributed by atoms with Gasteiger partial charge in [-0.3, -0.25) is 0 Å². The molecule has 1 unspecified atom stereocenters. The third kappa shape index (κ3) is 2.82. The second kappa shape index (κ2) is 6.58. The number of nitrogens with zero attached hydrogens (tertiary/aromatic N) is 5. The molecule has 0 saturated heterocycles. The first-order chi connectivity index (χ1) is 13.7. The molecular weight excluding hydrogens is 360 g/mol. The minimum absolute atomic E-state index is 0.0537. The third-order valence-electron chi connectivity index (χ3n) is 5.50. The standard InChI is InChI=1S/C21H19F2N5/c1-2-18-14-9-17(23)16(22)8-13(14)11-28(18)21-15(12-4-5-12)10-26-20(27-21)19-24-6-3-7-25-19/h3,6-10,12,18H,2,4-5,11H2,1H3. The highest BCUT2D eigenvalue weighted by Crippen LogP contribution is 2.47. The fourth-order valence-corrected chi connectivity index (χ4v) is 3.99. The van der Waals surface area contributed by atoms with Crippen LogP contribution in [0.5, 0.6) is 0 Å². The van der Waals surface area contributed by atoms with Gasteiger partial charge in [-0.1, -0.05) is 6.92 Å². The van der Waals surface area contributed by atoms with Crippen LogP contribution < -0.4 is 4.90 Å². The number of fused-ring (bicyclic) bond motifs is 1. The predicted molar refractivity (Wildman–Crippen MR) is 101 cm³/mol. The number of halogens is 2. The van der Waals surface area contributed by atoms with E-state index in [1.165, 1.54) is 12.1 Å². The Hall–Kier alpha value is -2.96. The van der Waals surface area contributed by atoms with Gasteiger partial charge >= 0.3 is 0 Å². The lowest BCUT2D eigenvalue weighted by Gasteiger charge is -2.27. The second-order valence-electron chi connectivity index (χ2n) is 7.34. The lowest BCUT2D eigenvalue weighted by Crippen LogP contribution is -2.24. The van der Waals surface area contributed by atoms with Crippen molar-refractivity contribution in [3.8, 4) is 11.6 Å². The van der Waals surface area contributed by atoms with Gasteiger partial charge in [0.15, 0.2) is 23.3 Å². The molecule has 1 saturated carbocycles. The highest BCUT2D eigenvalue weighted by Gasteiger charge is 2.36. The molecule has 1 atom stereocenters. The van der Waals surface area contributed by atoms with E-state index in [9.17, 15) is 8.78 Å². The van der Waals surface area contributed by atoms with E-state index in [4.69, 9.17) is 4.98 Å². The number of hydrogen-bond donors (Lipinski definition) is 0. The largest absolute Gasteiger partial charge is 0.345 e. The van der Waals surface area contributed by atoms with E-state index < -0.39 is 11.6 Å². The molecule has 1 fully saturated rings. The summed E-state index contributed by atoms with van der Waals surface area (Å²) >= 11 is 0. The first kappa shape index (κ1) is 17.2.